The normalized spacial score (nSPS) is 7.00. The van der Waals surface area contributed by atoms with Gasteiger partial charge in [0, 0.05) is 0 Å². The Morgan fingerprint density at radius 1 is 0.944 bits per heavy atom. The zero-order valence-corrected chi connectivity index (χ0v) is 13.1. The topological polar surface area (TPSA) is 59.7 Å². The van der Waals surface area contributed by atoms with E-state index in [0.717, 1.165) is 6.42 Å². The van der Waals surface area contributed by atoms with Crippen molar-refractivity contribution < 1.29 is 30.7 Å². The van der Waals surface area contributed by atoms with E-state index in [2.05, 4.69) is 74.8 Å². The third-order valence-electron chi connectivity index (χ3n) is 0.757. The van der Waals surface area contributed by atoms with Crippen LogP contribution in [0.25, 0.3) is 0 Å². The number of hydrogen-bond donors (Lipinski definition) is 0. The van der Waals surface area contributed by atoms with E-state index in [0.29, 0.717) is 5.41 Å². The van der Waals surface area contributed by atoms with Gasteiger partial charge in [-0.2, -0.15) is 26.2 Å². The first-order valence-electron chi connectivity index (χ1n) is 4.81. The maximum absolute atomic E-state index is 7.50. The van der Waals surface area contributed by atoms with Gasteiger partial charge in [0.2, 0.25) is 0 Å². The van der Waals surface area contributed by atoms with Crippen LogP contribution < -0.4 is 0 Å². The van der Waals surface area contributed by atoms with Crippen molar-refractivity contribution in [3.05, 3.63) is 39.2 Å². The quantitative estimate of drug-likeness (QED) is 0.519. The van der Waals surface area contributed by atoms with E-state index in [1.165, 1.54) is 5.92 Å². The van der Waals surface area contributed by atoms with Gasteiger partial charge in [0.15, 0.2) is 0 Å². The molecule has 0 saturated heterocycles. The van der Waals surface area contributed by atoms with Gasteiger partial charge in [0.1, 0.15) is 0 Å². The monoisotopic (exact) mass is 298 g/mol. The van der Waals surface area contributed by atoms with Gasteiger partial charge in [0.25, 0.3) is 0 Å². The van der Waals surface area contributed by atoms with Crippen molar-refractivity contribution >= 4 is 0 Å². The first-order chi connectivity index (χ1) is 7.79. The molecule has 0 bridgehead atoms. The minimum Gasteiger partial charge on any atom is -0.372 e. The summed E-state index contributed by atoms with van der Waals surface area (Å²) >= 11 is 0. The van der Waals surface area contributed by atoms with Crippen LogP contribution in [-0.4, -0.2) is 0 Å². The summed E-state index contributed by atoms with van der Waals surface area (Å²) in [6, 6.07) is 0. The molecule has 0 atom stereocenters. The molecule has 0 aliphatic rings. The van der Waals surface area contributed by atoms with Gasteiger partial charge in [-0.1, -0.05) is 20.8 Å². The fourth-order valence-corrected chi connectivity index (χ4v) is 0.433. The van der Waals surface area contributed by atoms with Gasteiger partial charge >= 0.3 is 50.7 Å². The molecule has 3 nitrogen and oxygen atoms in total. The van der Waals surface area contributed by atoms with Crippen molar-refractivity contribution in [1.29, 1.82) is 0 Å². The molecule has 0 unspecified atom stereocenters. The van der Waals surface area contributed by atoms with E-state index in [9.17, 15) is 0 Å². The molecule has 0 aliphatic heterocycles. The van der Waals surface area contributed by atoms with Crippen LogP contribution in [0.5, 0.6) is 0 Å². The minimum atomic E-state index is 0. The molecule has 0 aliphatic carbocycles. The molecule has 18 heavy (non-hydrogen) atoms. The molecule has 0 heterocycles. The van der Waals surface area contributed by atoms with Crippen molar-refractivity contribution in [3.8, 4) is 0 Å². The van der Waals surface area contributed by atoms with Gasteiger partial charge in [-0.3, -0.25) is 0 Å². The van der Waals surface area contributed by atoms with E-state index in [-0.39, 0.29) is 16.8 Å². The zero-order valence-electron chi connectivity index (χ0n) is 12.0. The molecular weight excluding hydrogens is 275 g/mol. The van der Waals surface area contributed by atoms with Crippen LogP contribution in [0.3, 0.4) is 0 Å². The average molecular weight is 298 g/mol. The maximum Gasteiger partial charge on any atom is 3.00 e. The third-order valence-corrected chi connectivity index (χ3v) is 0.757. The largest absolute Gasteiger partial charge is 3.00 e. The molecule has 0 spiro atoms. The van der Waals surface area contributed by atoms with Crippen LogP contribution in [0.4, 0.5) is 0 Å². The van der Waals surface area contributed by atoms with Gasteiger partial charge in [-0.25, -0.2) is 0 Å². The van der Waals surface area contributed by atoms with E-state index < -0.39 is 0 Å². The van der Waals surface area contributed by atoms with Crippen molar-refractivity contribution in [1.82, 2.24) is 0 Å². The first-order valence-corrected chi connectivity index (χ1v) is 4.81. The molecule has 0 amide bonds. The second kappa shape index (κ2) is 36.0. The van der Waals surface area contributed by atoms with Crippen LogP contribution in [0.15, 0.2) is 0 Å². The predicted octanol–water partition coefficient (Wildman–Crippen LogP) is 3.97. The summed E-state index contributed by atoms with van der Waals surface area (Å²) in [5, 5.41) is 0. The Labute approximate surface area is 123 Å². The molecule has 106 valence electrons. The molecule has 0 fully saturated rings. The van der Waals surface area contributed by atoms with E-state index >= 15 is 0 Å². The van der Waals surface area contributed by atoms with Crippen molar-refractivity contribution in [2.45, 2.75) is 48.0 Å². The number of hydrogen-bond acceptors (Lipinski definition) is 0. The van der Waals surface area contributed by atoms with Crippen molar-refractivity contribution in [2.75, 3.05) is 0 Å². The van der Waals surface area contributed by atoms with Crippen LogP contribution >= 0.6 is 0 Å². The molecule has 0 aromatic carbocycles. The Kier molecular flexibility index (Phi) is 72.0. The first kappa shape index (κ1) is 36.1. The van der Waals surface area contributed by atoms with E-state index in [1.807, 2.05) is 0 Å². The van der Waals surface area contributed by atoms with Gasteiger partial charge in [0.05, 0.1) is 0 Å². The Balaban J connectivity index is -0.0000000284. The molecule has 0 N–H and O–H groups in total. The number of rotatable bonds is 1. The van der Waals surface area contributed by atoms with Crippen molar-refractivity contribution in [3.63, 3.8) is 0 Å². The molecule has 0 aromatic rings. The Bertz CT molecular complexity index is 147. The van der Waals surface area contributed by atoms with Gasteiger partial charge in [-0.05, 0) is 0 Å². The fourth-order valence-electron chi connectivity index (χ4n) is 0.433. The SMILES string of the molecule is C[C-](C)C.[C-]#[O+].[C-]#[O+].[C-]#[O+].[CH2-]C[CH-]C(C)(C)C.[Co+3]. The summed E-state index contributed by atoms with van der Waals surface area (Å²) in [7, 11) is 0. The second-order valence-electron chi connectivity index (χ2n) is 4.36. The minimum absolute atomic E-state index is 0. The molecule has 0 aromatic heterocycles. The summed E-state index contributed by atoms with van der Waals surface area (Å²) < 4.78 is 22.5. The van der Waals surface area contributed by atoms with Crippen LogP contribution in [0.1, 0.15) is 48.0 Å². The molecule has 4 heteroatoms. The molecular formula is C14H23CoO3. The Hall–Kier alpha value is -0.274. The summed E-state index contributed by atoms with van der Waals surface area (Å²) in [6.45, 7) is 30.0. The van der Waals surface area contributed by atoms with Crippen LogP contribution in [0, 0.1) is 44.6 Å². The van der Waals surface area contributed by atoms with Gasteiger partial charge < -0.3 is 25.7 Å². The Morgan fingerprint density at radius 2 is 1.11 bits per heavy atom. The fraction of sp³-hybridized carbons (Fsp3) is 0.571. The second-order valence-corrected chi connectivity index (χ2v) is 4.36. The molecule has 0 saturated carbocycles. The predicted molar refractivity (Wildman–Crippen MR) is 65.8 cm³/mol. The van der Waals surface area contributed by atoms with Crippen molar-refractivity contribution in [2.24, 2.45) is 5.41 Å². The van der Waals surface area contributed by atoms with E-state index in [1.54, 1.807) is 0 Å². The summed E-state index contributed by atoms with van der Waals surface area (Å²) in [4.78, 5) is 0. The van der Waals surface area contributed by atoms with Gasteiger partial charge in [-0.15, -0.1) is 0 Å². The van der Waals surface area contributed by atoms with Crippen LogP contribution in [0.2, 0.25) is 0 Å². The molecule has 0 radical (unpaired) electrons. The van der Waals surface area contributed by atoms with Crippen LogP contribution in [-0.2, 0) is 30.7 Å². The summed E-state index contributed by atoms with van der Waals surface area (Å²) in [5.74, 6) is 1.42. The standard InChI is InChI=1S/C7H14.C4H9.3CO.Co/c1-5-6-7(2,3)4;1-4(2)3;3*1-2;/h6H,1,5H2,2-4H3;1-3H3;;;;/q-2;-1;;;;+3. The smallest absolute Gasteiger partial charge is 0.372 e. The average Bonchev–Trinajstić information content (AvgIpc) is 2.24. The summed E-state index contributed by atoms with van der Waals surface area (Å²) in [6.07, 6.45) is 3.14. The van der Waals surface area contributed by atoms with E-state index in [4.69, 9.17) is 14.0 Å². The third kappa shape index (κ3) is 246. The molecule has 0 rings (SSSR count). The maximum atomic E-state index is 7.50. The summed E-state index contributed by atoms with van der Waals surface area (Å²) in [5.41, 5.74) is 0.363. The zero-order chi connectivity index (χ0) is 15.5. The Morgan fingerprint density at radius 3 is 1.11 bits per heavy atom.